The second-order valence-corrected chi connectivity index (χ2v) is 2.48. The topological polar surface area (TPSA) is 102 Å². The van der Waals surface area contributed by atoms with Crippen LogP contribution in [-0.4, -0.2) is 21.9 Å². The molecule has 1 atom stereocenters. The van der Waals surface area contributed by atoms with Gasteiger partial charge in [0, 0.05) is 6.20 Å². The molecule has 0 spiro atoms. The van der Waals surface area contributed by atoms with Gasteiger partial charge < -0.3 is 15.3 Å². The first-order valence-electron chi connectivity index (χ1n) is 3.61. The molecule has 68 valence electrons. The van der Waals surface area contributed by atoms with Crippen molar-refractivity contribution in [1.82, 2.24) is 15.3 Å². The lowest BCUT2D eigenvalue weighted by Crippen LogP contribution is -2.31. The summed E-state index contributed by atoms with van der Waals surface area (Å²) in [4.78, 5) is 26.3. The number of nitrogens with zero attached hydrogens (tertiary/aromatic N) is 1. The van der Waals surface area contributed by atoms with Crippen LogP contribution in [0.3, 0.4) is 0 Å². The van der Waals surface area contributed by atoms with Gasteiger partial charge in [-0.05, 0) is 6.92 Å². The van der Waals surface area contributed by atoms with E-state index in [0.717, 1.165) is 0 Å². The summed E-state index contributed by atoms with van der Waals surface area (Å²) >= 11 is 0. The zero-order valence-electron chi connectivity index (χ0n) is 6.92. The number of nitriles is 1. The monoisotopic (exact) mass is 180 g/mol. The van der Waals surface area contributed by atoms with Crippen LogP contribution in [0.1, 0.15) is 17.4 Å². The first-order chi connectivity index (χ1) is 6.13. The second kappa shape index (κ2) is 3.58. The lowest BCUT2D eigenvalue weighted by molar-refractivity contribution is 0.0943. The number of H-pyrrole nitrogens is 2. The van der Waals surface area contributed by atoms with Crippen LogP contribution in [0.25, 0.3) is 0 Å². The van der Waals surface area contributed by atoms with Gasteiger partial charge in [0.05, 0.1) is 6.07 Å². The zero-order valence-corrected chi connectivity index (χ0v) is 6.92. The van der Waals surface area contributed by atoms with Gasteiger partial charge in [0.1, 0.15) is 11.7 Å². The van der Waals surface area contributed by atoms with E-state index in [1.807, 2.05) is 6.07 Å². The van der Waals surface area contributed by atoms with Crippen molar-refractivity contribution in [3.8, 4) is 6.07 Å². The molecule has 13 heavy (non-hydrogen) atoms. The van der Waals surface area contributed by atoms with Gasteiger partial charge in [-0.3, -0.25) is 4.79 Å². The van der Waals surface area contributed by atoms with Gasteiger partial charge >= 0.3 is 5.69 Å². The van der Waals surface area contributed by atoms with Crippen LogP contribution in [0.5, 0.6) is 0 Å². The molecule has 0 saturated heterocycles. The molecule has 0 aliphatic carbocycles. The van der Waals surface area contributed by atoms with Crippen LogP contribution in [-0.2, 0) is 0 Å². The van der Waals surface area contributed by atoms with E-state index in [9.17, 15) is 9.59 Å². The van der Waals surface area contributed by atoms with Crippen LogP contribution in [0.15, 0.2) is 11.0 Å². The summed E-state index contributed by atoms with van der Waals surface area (Å²) in [5, 5.41) is 10.8. The van der Waals surface area contributed by atoms with Crippen molar-refractivity contribution in [2.45, 2.75) is 13.0 Å². The van der Waals surface area contributed by atoms with Crippen LogP contribution in [0, 0.1) is 11.3 Å². The molecule has 6 nitrogen and oxygen atoms in total. The number of hydrogen-bond acceptors (Lipinski definition) is 3. The van der Waals surface area contributed by atoms with Gasteiger partial charge in [0.15, 0.2) is 0 Å². The Morgan fingerprint density at radius 3 is 2.92 bits per heavy atom. The lowest BCUT2D eigenvalue weighted by atomic mass is 10.3. The standard InChI is InChI=1S/C7H8N4O2/c1-4(2-8)10-6(12)5-3-9-7(13)11-5/h3-4H,1H3,(H,10,12)(H2,9,11,13). The maximum atomic E-state index is 11.2. The second-order valence-electron chi connectivity index (χ2n) is 2.48. The van der Waals surface area contributed by atoms with Gasteiger partial charge in [-0.1, -0.05) is 0 Å². The third-order valence-electron chi connectivity index (χ3n) is 1.38. The Bertz CT molecular complexity index is 397. The Hall–Kier alpha value is -2.03. The number of aromatic amines is 2. The number of hydrogen-bond donors (Lipinski definition) is 3. The summed E-state index contributed by atoms with van der Waals surface area (Å²) in [5.74, 6) is -0.479. The van der Waals surface area contributed by atoms with Gasteiger partial charge in [-0.25, -0.2) is 4.79 Å². The van der Waals surface area contributed by atoms with Gasteiger partial charge in [0.2, 0.25) is 0 Å². The minimum absolute atomic E-state index is 0.118. The van der Waals surface area contributed by atoms with Crippen molar-refractivity contribution in [2.24, 2.45) is 0 Å². The van der Waals surface area contributed by atoms with E-state index in [4.69, 9.17) is 5.26 Å². The number of amides is 1. The lowest BCUT2D eigenvalue weighted by Gasteiger charge is -2.02. The fourth-order valence-electron chi connectivity index (χ4n) is 0.761. The average Bonchev–Trinajstić information content (AvgIpc) is 2.51. The average molecular weight is 180 g/mol. The predicted molar refractivity (Wildman–Crippen MR) is 44.0 cm³/mol. The van der Waals surface area contributed by atoms with Crippen molar-refractivity contribution in [3.63, 3.8) is 0 Å². The molecule has 1 unspecified atom stereocenters. The molecule has 0 bridgehead atoms. The van der Waals surface area contributed by atoms with Crippen molar-refractivity contribution in [1.29, 1.82) is 5.26 Å². The quantitative estimate of drug-likeness (QED) is 0.563. The minimum Gasteiger partial charge on any atom is -0.335 e. The number of carbonyl (C=O) groups excluding carboxylic acids is 1. The van der Waals surface area contributed by atoms with Crippen LogP contribution in [0.2, 0.25) is 0 Å². The number of rotatable bonds is 2. The highest BCUT2D eigenvalue weighted by molar-refractivity contribution is 5.92. The van der Waals surface area contributed by atoms with E-state index in [1.165, 1.54) is 6.20 Å². The summed E-state index contributed by atoms with van der Waals surface area (Å²) < 4.78 is 0. The summed E-state index contributed by atoms with van der Waals surface area (Å²) in [6.07, 6.45) is 1.25. The van der Waals surface area contributed by atoms with E-state index in [1.54, 1.807) is 6.92 Å². The fraction of sp³-hybridized carbons (Fsp3) is 0.286. The molecule has 1 rings (SSSR count). The highest BCUT2D eigenvalue weighted by atomic mass is 16.2. The molecule has 3 N–H and O–H groups in total. The molecular formula is C7H8N4O2. The van der Waals surface area contributed by atoms with Crippen molar-refractivity contribution < 1.29 is 4.79 Å². The van der Waals surface area contributed by atoms with E-state index < -0.39 is 17.6 Å². The molecule has 0 aliphatic rings. The van der Waals surface area contributed by atoms with Crippen molar-refractivity contribution in [3.05, 3.63) is 22.4 Å². The van der Waals surface area contributed by atoms with Crippen molar-refractivity contribution in [2.75, 3.05) is 0 Å². The molecule has 6 heteroatoms. The first kappa shape index (κ1) is 9.06. The van der Waals surface area contributed by atoms with E-state index in [2.05, 4.69) is 15.3 Å². The number of nitrogens with one attached hydrogen (secondary N) is 3. The number of imidazole rings is 1. The summed E-state index contributed by atoms with van der Waals surface area (Å²) in [6, 6.07) is 1.26. The molecule has 1 heterocycles. The highest BCUT2D eigenvalue weighted by Crippen LogP contribution is 1.88. The minimum atomic E-state index is -0.578. The Morgan fingerprint density at radius 1 is 1.77 bits per heavy atom. The molecule has 1 amide bonds. The van der Waals surface area contributed by atoms with Gasteiger partial charge in [-0.2, -0.15) is 5.26 Å². The van der Waals surface area contributed by atoms with E-state index in [-0.39, 0.29) is 5.69 Å². The van der Waals surface area contributed by atoms with Crippen LogP contribution < -0.4 is 11.0 Å². The Balaban J connectivity index is 2.71. The zero-order chi connectivity index (χ0) is 9.84. The number of aromatic nitrogens is 2. The Labute approximate surface area is 73.6 Å². The molecule has 0 saturated carbocycles. The molecule has 0 fully saturated rings. The van der Waals surface area contributed by atoms with Crippen LogP contribution >= 0.6 is 0 Å². The van der Waals surface area contributed by atoms with E-state index >= 15 is 0 Å². The van der Waals surface area contributed by atoms with Crippen molar-refractivity contribution >= 4 is 5.91 Å². The third-order valence-corrected chi connectivity index (χ3v) is 1.38. The highest BCUT2D eigenvalue weighted by Gasteiger charge is 2.09. The van der Waals surface area contributed by atoms with Gasteiger partial charge in [0.25, 0.3) is 5.91 Å². The SMILES string of the molecule is CC(C#N)NC(=O)c1c[nH]c(=O)[nH]1. The normalized spacial score (nSPS) is 11.7. The molecule has 1 aromatic rings. The molecule has 0 aliphatic heterocycles. The number of carbonyl (C=O) groups is 1. The summed E-state index contributed by atoms with van der Waals surface area (Å²) in [5.41, 5.74) is -0.332. The molecular weight excluding hydrogens is 172 g/mol. The largest absolute Gasteiger partial charge is 0.335 e. The predicted octanol–water partition coefficient (Wildman–Crippen LogP) is -0.655. The Kier molecular flexibility index (Phi) is 2.50. The molecule has 0 aromatic carbocycles. The smallest absolute Gasteiger partial charge is 0.323 e. The van der Waals surface area contributed by atoms with E-state index in [0.29, 0.717) is 0 Å². The first-order valence-corrected chi connectivity index (χ1v) is 3.61. The maximum absolute atomic E-state index is 11.2. The summed E-state index contributed by atoms with van der Waals surface area (Å²) in [6.45, 7) is 1.54. The molecule has 1 aromatic heterocycles. The fourth-order valence-corrected chi connectivity index (χ4v) is 0.761. The van der Waals surface area contributed by atoms with Crippen LogP contribution in [0.4, 0.5) is 0 Å². The summed E-state index contributed by atoms with van der Waals surface area (Å²) in [7, 11) is 0. The third kappa shape index (κ3) is 2.20. The molecule has 0 radical (unpaired) electrons. The maximum Gasteiger partial charge on any atom is 0.323 e. The Morgan fingerprint density at radius 2 is 2.46 bits per heavy atom. The van der Waals surface area contributed by atoms with Gasteiger partial charge in [-0.15, -0.1) is 0 Å².